The molecule has 2 heterocycles. The van der Waals surface area contributed by atoms with E-state index in [1.54, 1.807) is 36.4 Å². The number of aliphatic hydroxyl groups is 1. The number of amides is 2. The number of carbonyl (C=O) groups is 3. The molecule has 0 bridgehead atoms. The van der Waals surface area contributed by atoms with Crippen LogP contribution in [0, 0.1) is 11.8 Å². The second-order valence-corrected chi connectivity index (χ2v) is 8.28. The van der Waals surface area contributed by atoms with Crippen molar-refractivity contribution in [3.8, 4) is 0 Å². The van der Waals surface area contributed by atoms with Crippen molar-refractivity contribution in [1.82, 2.24) is 10.2 Å². The molecule has 0 radical (unpaired) electrons. The molecule has 4 atom stereocenters. The van der Waals surface area contributed by atoms with Gasteiger partial charge >= 0.3 is 5.97 Å². The van der Waals surface area contributed by atoms with Gasteiger partial charge in [0.15, 0.2) is 5.54 Å². The molecule has 2 amide bonds. The summed E-state index contributed by atoms with van der Waals surface area (Å²) < 4.78 is 0.835. The van der Waals surface area contributed by atoms with Crippen LogP contribution in [-0.4, -0.2) is 45.0 Å². The summed E-state index contributed by atoms with van der Waals surface area (Å²) >= 11 is 3.35. The van der Waals surface area contributed by atoms with E-state index < -0.39 is 47.8 Å². The lowest BCUT2D eigenvalue weighted by molar-refractivity contribution is -0.153. The highest BCUT2D eigenvalue weighted by atomic mass is 79.9. The zero-order valence-corrected chi connectivity index (χ0v) is 16.9. The molecule has 4 rings (SSSR count). The molecule has 2 fully saturated rings. The molecule has 0 saturated carbocycles. The number of aliphatic carboxylic acids is 1. The number of rotatable bonds is 5. The van der Waals surface area contributed by atoms with Gasteiger partial charge in [0.1, 0.15) is 0 Å². The third-order valence-electron chi connectivity index (χ3n) is 5.79. The summed E-state index contributed by atoms with van der Waals surface area (Å²) in [6.45, 7) is -0.728. The lowest BCUT2D eigenvalue weighted by Crippen LogP contribution is -2.58. The Labute approximate surface area is 175 Å². The average Bonchev–Trinajstić information content (AvgIpc) is 3.20. The number of carboxylic acids is 1. The number of nitrogens with one attached hydrogen (secondary N) is 1. The minimum atomic E-state index is -1.92. The van der Waals surface area contributed by atoms with Gasteiger partial charge in [-0.1, -0.05) is 58.4 Å². The van der Waals surface area contributed by atoms with Crippen molar-refractivity contribution in [2.24, 2.45) is 11.8 Å². The molecule has 2 aliphatic heterocycles. The fourth-order valence-corrected chi connectivity index (χ4v) is 4.62. The van der Waals surface area contributed by atoms with Gasteiger partial charge in [0.05, 0.1) is 25.0 Å². The summed E-state index contributed by atoms with van der Waals surface area (Å²) in [5.74, 6) is -4.45. The van der Waals surface area contributed by atoms with Crippen LogP contribution in [0.2, 0.25) is 0 Å². The van der Waals surface area contributed by atoms with E-state index in [4.69, 9.17) is 0 Å². The first kappa shape index (κ1) is 19.8. The fraction of sp³-hybridized carbons (Fsp3) is 0.286. The Morgan fingerprint density at radius 3 is 2.31 bits per heavy atom. The van der Waals surface area contributed by atoms with Crippen LogP contribution in [0.25, 0.3) is 0 Å². The molecule has 2 aromatic carbocycles. The first-order valence-electron chi connectivity index (χ1n) is 9.15. The third kappa shape index (κ3) is 3.08. The SMILES string of the molecule is O=C1C2C(c3ccc(Br)cc3)NC(CO)(C(=O)O)C2C(=O)N1Cc1ccccc1. The number of nitrogens with zero attached hydrogens (tertiary/aromatic N) is 1. The van der Waals surface area contributed by atoms with Crippen molar-refractivity contribution >= 4 is 33.7 Å². The molecule has 150 valence electrons. The van der Waals surface area contributed by atoms with Crippen LogP contribution in [0.1, 0.15) is 17.2 Å². The molecular weight excluding hydrogens is 440 g/mol. The van der Waals surface area contributed by atoms with Gasteiger partial charge in [0.25, 0.3) is 0 Å². The topological polar surface area (TPSA) is 107 Å². The van der Waals surface area contributed by atoms with Crippen molar-refractivity contribution in [3.05, 3.63) is 70.2 Å². The normalized spacial score (nSPS) is 28.6. The molecule has 0 aliphatic carbocycles. The molecule has 0 aromatic heterocycles. The lowest BCUT2D eigenvalue weighted by Gasteiger charge is -2.29. The maximum atomic E-state index is 13.3. The van der Waals surface area contributed by atoms with Crippen LogP contribution in [-0.2, 0) is 20.9 Å². The number of carbonyl (C=O) groups excluding carboxylic acids is 2. The quantitative estimate of drug-likeness (QED) is 0.588. The Hall–Kier alpha value is -2.55. The molecule has 3 N–H and O–H groups in total. The minimum Gasteiger partial charge on any atom is -0.480 e. The number of aliphatic hydroxyl groups excluding tert-OH is 1. The third-order valence-corrected chi connectivity index (χ3v) is 6.32. The Balaban J connectivity index is 1.76. The molecule has 2 aromatic rings. The summed E-state index contributed by atoms with van der Waals surface area (Å²) in [5, 5.41) is 22.8. The van der Waals surface area contributed by atoms with Crippen LogP contribution in [0.4, 0.5) is 0 Å². The highest BCUT2D eigenvalue weighted by Crippen LogP contribution is 2.49. The highest BCUT2D eigenvalue weighted by Gasteiger charge is 2.68. The monoisotopic (exact) mass is 458 g/mol. The van der Waals surface area contributed by atoms with Crippen LogP contribution >= 0.6 is 15.9 Å². The smallest absolute Gasteiger partial charge is 0.327 e. The largest absolute Gasteiger partial charge is 0.480 e. The first-order valence-corrected chi connectivity index (χ1v) is 9.95. The summed E-state index contributed by atoms with van der Waals surface area (Å²) in [5.41, 5.74) is -0.463. The van der Waals surface area contributed by atoms with Gasteiger partial charge in [-0.3, -0.25) is 24.6 Å². The van der Waals surface area contributed by atoms with Crippen LogP contribution < -0.4 is 5.32 Å². The molecule has 2 aliphatic rings. The summed E-state index contributed by atoms with van der Waals surface area (Å²) in [6.07, 6.45) is 0. The van der Waals surface area contributed by atoms with Gasteiger partial charge < -0.3 is 10.2 Å². The van der Waals surface area contributed by atoms with E-state index in [0.29, 0.717) is 5.56 Å². The van der Waals surface area contributed by atoms with E-state index in [1.807, 2.05) is 18.2 Å². The number of hydrogen-bond acceptors (Lipinski definition) is 5. The van der Waals surface area contributed by atoms with Gasteiger partial charge in [-0.15, -0.1) is 0 Å². The predicted molar refractivity (Wildman–Crippen MR) is 106 cm³/mol. The van der Waals surface area contributed by atoms with Gasteiger partial charge in [0.2, 0.25) is 11.8 Å². The standard InChI is InChI=1S/C21H19BrN2O5/c22-14-8-6-13(7-9-14)17-15-16(21(11-25,23-17)20(28)29)19(27)24(18(15)26)10-12-4-2-1-3-5-12/h1-9,15-17,23,25H,10-11H2,(H,28,29). The fourth-order valence-electron chi connectivity index (χ4n) is 4.35. The van der Waals surface area contributed by atoms with E-state index in [9.17, 15) is 24.6 Å². The Morgan fingerprint density at radius 1 is 1.07 bits per heavy atom. The lowest BCUT2D eigenvalue weighted by atomic mass is 9.80. The maximum absolute atomic E-state index is 13.3. The molecule has 4 unspecified atom stereocenters. The number of halogens is 1. The van der Waals surface area contributed by atoms with E-state index in [2.05, 4.69) is 21.2 Å². The Bertz CT molecular complexity index is 965. The molecule has 0 spiro atoms. The van der Waals surface area contributed by atoms with Crippen molar-refractivity contribution in [2.75, 3.05) is 6.61 Å². The second-order valence-electron chi connectivity index (χ2n) is 7.36. The molecule has 2 saturated heterocycles. The second kappa shape index (κ2) is 7.37. The zero-order chi connectivity index (χ0) is 20.8. The Morgan fingerprint density at radius 2 is 1.72 bits per heavy atom. The number of carboxylic acid groups (broad SMARTS) is 1. The molecule has 8 heteroatoms. The summed E-state index contributed by atoms with van der Waals surface area (Å²) in [6, 6.07) is 15.5. The maximum Gasteiger partial charge on any atom is 0.327 e. The van der Waals surface area contributed by atoms with Gasteiger partial charge in [-0.05, 0) is 23.3 Å². The Kier molecular flexibility index (Phi) is 5.02. The average molecular weight is 459 g/mol. The van der Waals surface area contributed by atoms with Crippen LogP contribution in [0.15, 0.2) is 59.1 Å². The molecule has 7 nitrogen and oxygen atoms in total. The van der Waals surface area contributed by atoms with Gasteiger partial charge in [-0.2, -0.15) is 0 Å². The number of imide groups is 1. The van der Waals surface area contributed by atoms with Gasteiger partial charge in [-0.25, -0.2) is 0 Å². The minimum absolute atomic E-state index is 0.0691. The molecular formula is C21H19BrN2O5. The van der Waals surface area contributed by atoms with E-state index in [0.717, 1.165) is 14.9 Å². The van der Waals surface area contributed by atoms with E-state index in [-0.39, 0.29) is 6.54 Å². The van der Waals surface area contributed by atoms with Gasteiger partial charge in [0, 0.05) is 10.5 Å². The van der Waals surface area contributed by atoms with Crippen molar-refractivity contribution in [3.63, 3.8) is 0 Å². The number of benzene rings is 2. The first-order chi connectivity index (χ1) is 13.9. The van der Waals surface area contributed by atoms with Crippen LogP contribution in [0.5, 0.6) is 0 Å². The van der Waals surface area contributed by atoms with Crippen LogP contribution in [0.3, 0.4) is 0 Å². The molecule has 29 heavy (non-hydrogen) atoms. The highest BCUT2D eigenvalue weighted by molar-refractivity contribution is 9.10. The van der Waals surface area contributed by atoms with Crippen molar-refractivity contribution in [1.29, 1.82) is 0 Å². The van der Waals surface area contributed by atoms with Crippen molar-refractivity contribution in [2.45, 2.75) is 18.1 Å². The summed E-state index contributed by atoms with van der Waals surface area (Å²) in [4.78, 5) is 39.7. The number of fused-ring (bicyclic) bond motifs is 1. The zero-order valence-electron chi connectivity index (χ0n) is 15.3. The number of hydrogen-bond donors (Lipinski definition) is 3. The number of likely N-dealkylation sites (tertiary alicyclic amines) is 1. The van der Waals surface area contributed by atoms with E-state index >= 15 is 0 Å². The summed E-state index contributed by atoms with van der Waals surface area (Å²) in [7, 11) is 0. The van der Waals surface area contributed by atoms with Crippen molar-refractivity contribution < 1.29 is 24.6 Å². The predicted octanol–water partition coefficient (Wildman–Crippen LogP) is 1.71. The van der Waals surface area contributed by atoms with E-state index in [1.165, 1.54) is 0 Å².